The normalized spacial score (nSPS) is 9.06. The molecule has 0 saturated carbocycles. The van der Waals surface area contributed by atoms with Crippen LogP contribution in [0.15, 0.2) is 18.2 Å². The molecule has 0 radical (unpaired) electrons. The van der Waals surface area contributed by atoms with E-state index in [4.69, 9.17) is 10.5 Å². The molecule has 4 heteroatoms. The van der Waals surface area contributed by atoms with Crippen molar-refractivity contribution in [1.29, 1.82) is 0 Å². The molecule has 0 unspecified atom stereocenters. The highest BCUT2D eigenvalue weighted by atomic mass is 16.5. The van der Waals surface area contributed by atoms with Crippen molar-refractivity contribution in [3.8, 4) is 17.6 Å². The third-order valence-electron chi connectivity index (χ3n) is 2.09. The van der Waals surface area contributed by atoms with Crippen molar-refractivity contribution in [3.63, 3.8) is 0 Å². The molecule has 1 aromatic carbocycles. The quantitative estimate of drug-likeness (QED) is 0.467. The number of carbonyl (C=O) groups is 1. The Labute approximate surface area is 101 Å². The molecule has 0 atom stereocenters. The molecular weight excluding hydrogens is 216 g/mol. The van der Waals surface area contributed by atoms with E-state index in [2.05, 4.69) is 17.2 Å². The maximum atomic E-state index is 10.6. The number of nitrogen functional groups attached to an aromatic ring is 1. The van der Waals surface area contributed by atoms with Crippen molar-refractivity contribution in [2.24, 2.45) is 0 Å². The number of amides is 1. The third-order valence-corrected chi connectivity index (χ3v) is 2.09. The van der Waals surface area contributed by atoms with E-state index in [1.165, 1.54) is 6.92 Å². The summed E-state index contributed by atoms with van der Waals surface area (Å²) in [6, 6.07) is 5.40. The SMILES string of the molecule is COc1ccc(C#CCCNC(C)=O)cc1N. The molecule has 0 fully saturated rings. The summed E-state index contributed by atoms with van der Waals surface area (Å²) in [4.78, 5) is 10.6. The molecule has 0 aliphatic heterocycles. The molecule has 0 heterocycles. The molecule has 0 aliphatic rings. The van der Waals surface area contributed by atoms with E-state index in [1.807, 2.05) is 6.07 Å². The van der Waals surface area contributed by atoms with E-state index in [-0.39, 0.29) is 5.91 Å². The monoisotopic (exact) mass is 232 g/mol. The Morgan fingerprint density at radius 2 is 2.29 bits per heavy atom. The van der Waals surface area contributed by atoms with Crippen molar-refractivity contribution in [3.05, 3.63) is 23.8 Å². The minimum atomic E-state index is -0.0412. The van der Waals surface area contributed by atoms with Gasteiger partial charge in [-0.1, -0.05) is 11.8 Å². The summed E-state index contributed by atoms with van der Waals surface area (Å²) in [6.07, 6.45) is 0.617. The maximum absolute atomic E-state index is 10.6. The minimum Gasteiger partial charge on any atom is -0.495 e. The van der Waals surface area contributed by atoms with Gasteiger partial charge in [0.1, 0.15) is 5.75 Å². The molecule has 0 bridgehead atoms. The topological polar surface area (TPSA) is 64.3 Å². The van der Waals surface area contributed by atoms with Crippen LogP contribution in [-0.2, 0) is 4.79 Å². The number of benzene rings is 1. The average Bonchev–Trinajstić information content (AvgIpc) is 2.28. The molecule has 4 nitrogen and oxygen atoms in total. The number of hydrogen-bond acceptors (Lipinski definition) is 3. The Balaban J connectivity index is 2.54. The van der Waals surface area contributed by atoms with Gasteiger partial charge in [0.25, 0.3) is 0 Å². The third kappa shape index (κ3) is 4.47. The van der Waals surface area contributed by atoms with Gasteiger partial charge in [-0.3, -0.25) is 4.79 Å². The van der Waals surface area contributed by atoms with Crippen LogP contribution in [-0.4, -0.2) is 19.6 Å². The van der Waals surface area contributed by atoms with E-state index < -0.39 is 0 Å². The van der Waals surface area contributed by atoms with E-state index in [0.717, 1.165) is 5.56 Å². The van der Waals surface area contributed by atoms with E-state index in [1.54, 1.807) is 19.2 Å². The second kappa shape index (κ2) is 6.44. The molecule has 1 amide bonds. The summed E-state index contributed by atoms with van der Waals surface area (Å²) in [5.74, 6) is 6.54. The van der Waals surface area contributed by atoms with Gasteiger partial charge in [0.05, 0.1) is 12.8 Å². The minimum absolute atomic E-state index is 0.0412. The lowest BCUT2D eigenvalue weighted by molar-refractivity contribution is -0.118. The first-order valence-electron chi connectivity index (χ1n) is 5.30. The first kappa shape index (κ1) is 12.9. The summed E-state index contributed by atoms with van der Waals surface area (Å²) in [6.45, 7) is 2.05. The van der Waals surface area contributed by atoms with Gasteiger partial charge in [0, 0.05) is 25.5 Å². The molecule has 0 aromatic heterocycles. The zero-order chi connectivity index (χ0) is 12.7. The molecule has 1 aromatic rings. The fourth-order valence-corrected chi connectivity index (χ4v) is 1.28. The second-order valence-corrected chi connectivity index (χ2v) is 3.49. The van der Waals surface area contributed by atoms with Crippen LogP contribution in [0.5, 0.6) is 5.75 Å². The fourth-order valence-electron chi connectivity index (χ4n) is 1.28. The van der Waals surface area contributed by atoms with E-state index in [0.29, 0.717) is 24.4 Å². The summed E-state index contributed by atoms with van der Waals surface area (Å²) < 4.78 is 5.05. The fraction of sp³-hybridized carbons (Fsp3) is 0.308. The molecule has 17 heavy (non-hydrogen) atoms. The van der Waals surface area contributed by atoms with Crippen molar-refractivity contribution < 1.29 is 9.53 Å². The predicted octanol–water partition coefficient (Wildman–Crippen LogP) is 1.16. The Morgan fingerprint density at radius 1 is 1.53 bits per heavy atom. The van der Waals surface area contributed by atoms with Gasteiger partial charge >= 0.3 is 0 Å². The average molecular weight is 232 g/mol. The molecule has 0 aliphatic carbocycles. The second-order valence-electron chi connectivity index (χ2n) is 3.49. The largest absolute Gasteiger partial charge is 0.495 e. The zero-order valence-corrected chi connectivity index (χ0v) is 10.0. The predicted molar refractivity (Wildman–Crippen MR) is 67.6 cm³/mol. The van der Waals surface area contributed by atoms with Crippen molar-refractivity contribution in [1.82, 2.24) is 5.32 Å². The first-order valence-corrected chi connectivity index (χ1v) is 5.30. The van der Waals surface area contributed by atoms with E-state index >= 15 is 0 Å². The van der Waals surface area contributed by atoms with Gasteiger partial charge < -0.3 is 15.8 Å². The number of nitrogens with one attached hydrogen (secondary N) is 1. The summed E-state index contributed by atoms with van der Waals surface area (Å²) in [7, 11) is 1.57. The highest BCUT2D eigenvalue weighted by molar-refractivity contribution is 5.72. The Hall–Kier alpha value is -2.15. The zero-order valence-electron chi connectivity index (χ0n) is 10.0. The smallest absolute Gasteiger partial charge is 0.216 e. The lowest BCUT2D eigenvalue weighted by atomic mass is 10.2. The van der Waals surface area contributed by atoms with Gasteiger partial charge in [-0.2, -0.15) is 0 Å². The first-order chi connectivity index (χ1) is 8.13. The molecule has 1 rings (SSSR count). The molecule has 0 spiro atoms. The van der Waals surface area contributed by atoms with Crippen LogP contribution >= 0.6 is 0 Å². The van der Waals surface area contributed by atoms with E-state index in [9.17, 15) is 4.79 Å². The Kier molecular flexibility index (Phi) is 4.89. The maximum Gasteiger partial charge on any atom is 0.216 e. The van der Waals surface area contributed by atoms with Crippen LogP contribution in [0.3, 0.4) is 0 Å². The van der Waals surface area contributed by atoms with Crippen molar-refractivity contribution in [2.75, 3.05) is 19.4 Å². The van der Waals surface area contributed by atoms with Gasteiger partial charge in [-0.25, -0.2) is 0 Å². The molecule has 3 N–H and O–H groups in total. The highest BCUT2D eigenvalue weighted by Gasteiger charge is 1.97. The summed E-state index contributed by atoms with van der Waals surface area (Å²) in [5.41, 5.74) is 7.16. The van der Waals surface area contributed by atoms with Crippen LogP contribution in [0.1, 0.15) is 18.9 Å². The number of rotatable bonds is 3. The van der Waals surface area contributed by atoms with Gasteiger partial charge in [0.2, 0.25) is 5.91 Å². The molecular formula is C13H16N2O2. The van der Waals surface area contributed by atoms with Gasteiger partial charge in [-0.15, -0.1) is 0 Å². The van der Waals surface area contributed by atoms with Crippen LogP contribution in [0, 0.1) is 11.8 Å². The molecule has 90 valence electrons. The number of ether oxygens (including phenoxy) is 1. The van der Waals surface area contributed by atoms with Crippen LogP contribution < -0.4 is 15.8 Å². The van der Waals surface area contributed by atoms with Crippen molar-refractivity contribution in [2.45, 2.75) is 13.3 Å². The van der Waals surface area contributed by atoms with Crippen LogP contribution in [0.25, 0.3) is 0 Å². The lowest BCUT2D eigenvalue weighted by Crippen LogP contribution is -2.20. The molecule has 0 saturated heterocycles. The Morgan fingerprint density at radius 3 is 2.88 bits per heavy atom. The summed E-state index contributed by atoms with van der Waals surface area (Å²) in [5, 5.41) is 2.68. The standard InChI is InChI=1S/C13H16N2O2/c1-10(16)15-8-4-3-5-11-6-7-13(17-2)12(14)9-11/h6-7,9H,4,8,14H2,1-2H3,(H,15,16). The Bertz CT molecular complexity index is 458. The number of hydrogen-bond donors (Lipinski definition) is 2. The number of carbonyl (C=O) groups excluding carboxylic acids is 1. The number of methoxy groups -OCH3 is 1. The summed E-state index contributed by atoms with van der Waals surface area (Å²) >= 11 is 0. The van der Waals surface area contributed by atoms with Crippen LogP contribution in [0.4, 0.5) is 5.69 Å². The van der Waals surface area contributed by atoms with Crippen LogP contribution in [0.2, 0.25) is 0 Å². The van der Waals surface area contributed by atoms with Gasteiger partial charge in [-0.05, 0) is 18.2 Å². The number of nitrogens with two attached hydrogens (primary N) is 1. The highest BCUT2D eigenvalue weighted by Crippen LogP contribution is 2.21. The number of anilines is 1. The van der Waals surface area contributed by atoms with Gasteiger partial charge in [0.15, 0.2) is 0 Å². The van der Waals surface area contributed by atoms with Crippen molar-refractivity contribution >= 4 is 11.6 Å². The lowest BCUT2D eigenvalue weighted by Gasteiger charge is -2.03.